The van der Waals surface area contributed by atoms with E-state index >= 15 is 0 Å². The molecule has 16 nitrogen and oxygen atoms in total. The Hall–Kier alpha value is -3.34. The van der Waals surface area contributed by atoms with Crippen molar-refractivity contribution in [1.29, 1.82) is 0 Å². The summed E-state index contributed by atoms with van der Waals surface area (Å²) < 4.78 is 33.2. The van der Waals surface area contributed by atoms with Gasteiger partial charge in [0, 0.05) is 51.9 Å². The molecule has 1 atom stereocenters. The molecule has 0 rings (SSSR count). The number of rotatable bonds is 39. The molecular weight excluding hydrogens is 728 g/mol. The van der Waals surface area contributed by atoms with Gasteiger partial charge < -0.3 is 50.1 Å². The van der Waals surface area contributed by atoms with Gasteiger partial charge in [0.05, 0.1) is 41.0 Å². The predicted octanol–water partition coefficient (Wildman–Crippen LogP) is 3.97. The lowest BCUT2D eigenvalue weighted by molar-refractivity contribution is -0.155. The monoisotopic (exact) mass is 804 g/mol. The zero-order valence-corrected chi connectivity index (χ0v) is 34.5. The second kappa shape index (κ2) is 37.2. The summed E-state index contributed by atoms with van der Waals surface area (Å²) in [6.45, 7) is 5.94. The number of carbonyl (C=O) groups is 6. The standard InChI is InChI=1S/C40H74N4O12/c1-40(2,3)56-39(51)21-15-13-11-9-7-5-4-6-8-10-12-14-18-34(45)41-22-16-19-35(46)42-23-17-20-36(47)43-24-26-52-28-30-54-32-37(48)44-25-27-53-29-31-55-33-38(49)50/h4-33H2,1-3H3,(H,41,45)(H,42,46)(H,43,47)(H,44,48)(H,49,50)/i31D. The summed E-state index contributed by atoms with van der Waals surface area (Å²) in [5.74, 6) is -1.85. The molecule has 5 N–H and O–H groups in total. The largest absolute Gasteiger partial charge is 0.480 e. The van der Waals surface area contributed by atoms with Crippen LogP contribution in [0.25, 0.3) is 0 Å². The average molecular weight is 804 g/mol. The minimum atomic E-state index is -1.17. The molecule has 0 aromatic rings. The van der Waals surface area contributed by atoms with E-state index in [9.17, 15) is 28.8 Å². The molecule has 0 aromatic heterocycles. The number of carboxylic acid groups (broad SMARTS) is 1. The number of carbonyl (C=O) groups excluding carboxylic acids is 5. The molecule has 0 fully saturated rings. The molecule has 0 radical (unpaired) electrons. The summed E-state index contributed by atoms with van der Waals surface area (Å²) in [6, 6.07) is 0. The smallest absolute Gasteiger partial charge is 0.329 e. The normalized spacial score (nSPS) is 12.0. The van der Waals surface area contributed by atoms with Crippen molar-refractivity contribution in [3.05, 3.63) is 0 Å². The lowest BCUT2D eigenvalue weighted by Crippen LogP contribution is -2.31. The minimum absolute atomic E-state index is 0.0251. The highest BCUT2D eigenvalue weighted by Gasteiger charge is 2.15. The molecule has 4 amide bonds. The van der Waals surface area contributed by atoms with Gasteiger partial charge in [-0.05, 0) is 46.5 Å². The van der Waals surface area contributed by atoms with E-state index in [1.165, 1.54) is 44.9 Å². The maximum Gasteiger partial charge on any atom is 0.329 e. The Kier molecular flexibility index (Phi) is 33.7. The number of nitrogens with one attached hydrogen (secondary N) is 4. The van der Waals surface area contributed by atoms with Crippen LogP contribution >= 0.6 is 0 Å². The van der Waals surface area contributed by atoms with Crippen LogP contribution in [-0.2, 0) is 52.5 Å². The summed E-state index contributed by atoms with van der Waals surface area (Å²) >= 11 is 0. The van der Waals surface area contributed by atoms with Crippen molar-refractivity contribution in [2.45, 2.75) is 142 Å². The molecule has 0 aliphatic carbocycles. The van der Waals surface area contributed by atoms with Crippen LogP contribution in [0.2, 0.25) is 0 Å². The first-order valence-electron chi connectivity index (χ1n) is 21.1. The van der Waals surface area contributed by atoms with Crippen molar-refractivity contribution in [3.8, 4) is 0 Å². The zero-order valence-electron chi connectivity index (χ0n) is 35.5. The van der Waals surface area contributed by atoms with Crippen LogP contribution in [0.1, 0.15) is 138 Å². The topological polar surface area (TPSA) is 217 Å². The van der Waals surface area contributed by atoms with E-state index in [-0.39, 0.29) is 82.2 Å². The van der Waals surface area contributed by atoms with Gasteiger partial charge in [0.15, 0.2) is 0 Å². The van der Waals surface area contributed by atoms with Crippen LogP contribution in [0.4, 0.5) is 0 Å². The van der Waals surface area contributed by atoms with Gasteiger partial charge >= 0.3 is 11.9 Å². The van der Waals surface area contributed by atoms with Crippen LogP contribution < -0.4 is 21.3 Å². The van der Waals surface area contributed by atoms with Gasteiger partial charge in [-0.1, -0.05) is 64.2 Å². The van der Waals surface area contributed by atoms with E-state index in [0.29, 0.717) is 51.7 Å². The highest BCUT2D eigenvalue weighted by Crippen LogP contribution is 2.14. The number of ether oxygens (including phenoxy) is 5. The maximum atomic E-state index is 12.1. The fourth-order valence-corrected chi connectivity index (χ4v) is 5.20. The lowest BCUT2D eigenvalue weighted by atomic mass is 10.0. The Balaban J connectivity index is 3.46. The van der Waals surface area contributed by atoms with Crippen LogP contribution in [0.15, 0.2) is 0 Å². The molecule has 0 aromatic carbocycles. The van der Waals surface area contributed by atoms with Gasteiger partial charge in [-0.25, -0.2) is 4.79 Å². The average Bonchev–Trinajstić information content (AvgIpc) is 3.14. The van der Waals surface area contributed by atoms with Crippen LogP contribution in [0.3, 0.4) is 0 Å². The third kappa shape index (κ3) is 41.8. The number of carboxylic acids is 1. The van der Waals surface area contributed by atoms with Crippen molar-refractivity contribution in [3.63, 3.8) is 0 Å². The summed E-state index contributed by atoms with van der Waals surface area (Å²) in [5, 5.41) is 19.5. The van der Waals surface area contributed by atoms with E-state index in [2.05, 4.69) is 21.3 Å². The molecule has 0 aliphatic heterocycles. The molecule has 0 saturated heterocycles. The number of unbranched alkanes of at least 4 members (excludes halogenated alkanes) is 11. The van der Waals surface area contributed by atoms with E-state index in [0.717, 1.165) is 32.1 Å². The van der Waals surface area contributed by atoms with E-state index in [1.807, 2.05) is 20.8 Å². The van der Waals surface area contributed by atoms with Crippen molar-refractivity contribution in [2.24, 2.45) is 0 Å². The number of esters is 1. The van der Waals surface area contributed by atoms with Crippen LogP contribution in [0, 0.1) is 0 Å². The fourth-order valence-electron chi connectivity index (χ4n) is 5.20. The van der Waals surface area contributed by atoms with Gasteiger partial charge in [0.2, 0.25) is 23.6 Å². The van der Waals surface area contributed by atoms with Gasteiger partial charge in [-0.3, -0.25) is 24.0 Å². The Morgan fingerprint density at radius 3 is 1.38 bits per heavy atom. The predicted molar refractivity (Wildman–Crippen MR) is 212 cm³/mol. The number of aliphatic carboxylic acids is 1. The molecule has 0 heterocycles. The molecule has 0 bridgehead atoms. The molecule has 16 heteroatoms. The number of hydrogen-bond acceptors (Lipinski definition) is 11. The van der Waals surface area contributed by atoms with E-state index < -0.39 is 24.8 Å². The lowest BCUT2D eigenvalue weighted by Gasteiger charge is -2.19. The molecule has 56 heavy (non-hydrogen) atoms. The first kappa shape index (κ1) is 50.7. The molecule has 326 valence electrons. The molecular formula is C40H74N4O12. The second-order valence-electron chi connectivity index (χ2n) is 14.5. The van der Waals surface area contributed by atoms with E-state index in [4.69, 9.17) is 30.2 Å². The van der Waals surface area contributed by atoms with Gasteiger partial charge in [0.25, 0.3) is 0 Å². The summed E-state index contributed by atoms with van der Waals surface area (Å²) in [5.41, 5.74) is -0.403. The maximum absolute atomic E-state index is 12.1. The molecule has 0 aliphatic rings. The first-order chi connectivity index (χ1) is 27.3. The Labute approximate surface area is 336 Å². The van der Waals surface area contributed by atoms with Gasteiger partial charge in [0.1, 0.15) is 18.8 Å². The quantitative estimate of drug-likeness (QED) is 0.0441. The fraction of sp³-hybridized carbons (Fsp3) is 0.850. The summed E-state index contributed by atoms with van der Waals surface area (Å²) in [4.78, 5) is 70.0. The van der Waals surface area contributed by atoms with Gasteiger partial charge in [-0.2, -0.15) is 0 Å². The zero-order chi connectivity index (χ0) is 42.4. The van der Waals surface area contributed by atoms with E-state index in [1.54, 1.807) is 0 Å². The highest BCUT2D eigenvalue weighted by atomic mass is 16.6. The summed E-state index contributed by atoms with van der Waals surface area (Å²) in [6.07, 6.45) is 16.3. The van der Waals surface area contributed by atoms with Crippen LogP contribution in [-0.4, -0.2) is 125 Å². The molecule has 0 spiro atoms. The second-order valence-corrected chi connectivity index (χ2v) is 14.5. The first-order valence-corrected chi connectivity index (χ1v) is 20.6. The van der Waals surface area contributed by atoms with Crippen molar-refractivity contribution in [2.75, 3.05) is 79.0 Å². The number of hydrogen-bond donors (Lipinski definition) is 5. The Morgan fingerprint density at radius 2 is 0.875 bits per heavy atom. The van der Waals surface area contributed by atoms with Crippen molar-refractivity contribution >= 4 is 35.6 Å². The third-order valence-electron chi connectivity index (χ3n) is 8.01. The SMILES string of the molecule is [2H]C(COCCNC(=O)COCCOCCNC(=O)CCCNC(=O)CCCNC(=O)CCCCCCCCCCCCCCC(=O)OC(C)(C)C)OCC(=O)O. The minimum Gasteiger partial charge on any atom is -0.480 e. The Bertz CT molecular complexity index is 1090. The van der Waals surface area contributed by atoms with Gasteiger partial charge in [-0.15, -0.1) is 0 Å². The van der Waals surface area contributed by atoms with Crippen molar-refractivity contribution in [1.82, 2.24) is 21.3 Å². The number of amides is 4. The Morgan fingerprint density at radius 1 is 0.464 bits per heavy atom. The molecule has 0 saturated carbocycles. The van der Waals surface area contributed by atoms with Crippen molar-refractivity contribution < 1.29 is 58.9 Å². The third-order valence-corrected chi connectivity index (χ3v) is 8.01. The highest BCUT2D eigenvalue weighted by molar-refractivity contribution is 5.78. The van der Waals surface area contributed by atoms with Crippen LogP contribution in [0.5, 0.6) is 0 Å². The summed E-state index contributed by atoms with van der Waals surface area (Å²) in [7, 11) is 0. The molecule has 1 unspecified atom stereocenters.